The van der Waals surface area contributed by atoms with Crippen molar-refractivity contribution in [3.63, 3.8) is 0 Å². The summed E-state index contributed by atoms with van der Waals surface area (Å²) >= 11 is 0. The lowest BCUT2D eigenvalue weighted by atomic mass is 9.95. The summed E-state index contributed by atoms with van der Waals surface area (Å²) < 4.78 is 0. The fraction of sp³-hybridized carbons (Fsp3) is 0.429. The van der Waals surface area contributed by atoms with Gasteiger partial charge in [-0.15, -0.1) is 0 Å². The topological polar surface area (TPSA) is 29.0 Å². The van der Waals surface area contributed by atoms with E-state index in [4.69, 9.17) is 5.73 Å². The summed E-state index contributed by atoms with van der Waals surface area (Å²) in [5.74, 6) is 0. The summed E-state index contributed by atoms with van der Waals surface area (Å²) in [6.45, 7) is 0. The Balaban J connectivity index is 1.60. The van der Waals surface area contributed by atoms with Crippen molar-refractivity contribution in [2.75, 3.05) is 0 Å². The molecule has 2 aliphatic rings. The van der Waals surface area contributed by atoms with Crippen LogP contribution in [-0.4, -0.2) is 17.0 Å². The van der Waals surface area contributed by atoms with Crippen molar-refractivity contribution < 1.29 is 0 Å². The fourth-order valence-electron chi connectivity index (χ4n) is 4.39. The van der Waals surface area contributed by atoms with Crippen molar-refractivity contribution in [2.24, 2.45) is 5.73 Å². The third-order valence-corrected chi connectivity index (χ3v) is 5.59. The first-order chi connectivity index (χ1) is 11.4. The highest BCUT2D eigenvalue weighted by atomic mass is 15.4. The number of hydrogen-bond acceptors (Lipinski definition) is 2. The van der Waals surface area contributed by atoms with Gasteiger partial charge in [0.05, 0.1) is 6.04 Å². The quantitative estimate of drug-likeness (QED) is 0.846. The van der Waals surface area contributed by atoms with Crippen LogP contribution in [0.4, 0.5) is 0 Å². The highest BCUT2D eigenvalue weighted by Crippen LogP contribution is 2.52. The van der Waals surface area contributed by atoms with Crippen molar-refractivity contribution in [2.45, 2.75) is 56.3 Å². The Morgan fingerprint density at radius 2 is 1.43 bits per heavy atom. The van der Waals surface area contributed by atoms with Crippen molar-refractivity contribution in [3.05, 3.63) is 71.8 Å². The minimum atomic E-state index is 0.100. The van der Waals surface area contributed by atoms with Crippen LogP contribution >= 0.6 is 0 Å². The monoisotopic (exact) mass is 306 g/mol. The standard InChI is InChI=1S/C21H26N2/c22-19(16-10-4-1-5-11-16)21-20(17-12-6-2-7-13-17)23(21)18-14-8-3-9-15-18/h1-2,4-7,10-13,18-21H,3,8-9,14-15,22H2/t19-,20-,21+,23?/m1/s1. The molecule has 2 nitrogen and oxygen atoms in total. The molecule has 1 saturated carbocycles. The van der Waals surface area contributed by atoms with E-state index in [0.29, 0.717) is 18.1 Å². The number of nitrogens with zero attached hydrogens (tertiary/aromatic N) is 1. The van der Waals surface area contributed by atoms with Crippen LogP contribution in [-0.2, 0) is 0 Å². The van der Waals surface area contributed by atoms with Gasteiger partial charge in [-0.25, -0.2) is 0 Å². The number of nitrogens with two attached hydrogens (primary N) is 1. The molecule has 0 amide bonds. The van der Waals surface area contributed by atoms with E-state index in [1.165, 1.54) is 43.2 Å². The molecule has 0 aromatic heterocycles. The SMILES string of the molecule is N[C@H](c1ccccc1)[C@H]1[C@@H](c2ccccc2)N1C1CCCCC1. The zero-order valence-electron chi connectivity index (χ0n) is 13.6. The third-order valence-electron chi connectivity index (χ3n) is 5.59. The van der Waals surface area contributed by atoms with Crippen molar-refractivity contribution in [1.82, 2.24) is 4.90 Å². The van der Waals surface area contributed by atoms with Crippen LogP contribution in [0, 0.1) is 0 Å². The van der Waals surface area contributed by atoms with Gasteiger partial charge in [0.15, 0.2) is 0 Å². The van der Waals surface area contributed by atoms with Gasteiger partial charge in [-0.1, -0.05) is 79.9 Å². The lowest BCUT2D eigenvalue weighted by Crippen LogP contribution is -2.28. The Kier molecular flexibility index (Phi) is 4.19. The highest BCUT2D eigenvalue weighted by molar-refractivity contribution is 5.33. The molecule has 4 atom stereocenters. The summed E-state index contributed by atoms with van der Waals surface area (Å²) in [4.78, 5) is 2.70. The van der Waals surface area contributed by atoms with Crippen LogP contribution in [0.25, 0.3) is 0 Å². The predicted molar refractivity (Wildman–Crippen MR) is 95.1 cm³/mol. The molecule has 2 heteroatoms. The normalized spacial score (nSPS) is 29.2. The molecule has 0 radical (unpaired) electrons. The van der Waals surface area contributed by atoms with Gasteiger partial charge in [-0.05, 0) is 24.0 Å². The molecule has 0 bridgehead atoms. The van der Waals surface area contributed by atoms with E-state index in [1.807, 2.05) is 0 Å². The maximum absolute atomic E-state index is 6.68. The smallest absolute Gasteiger partial charge is 0.0529 e. The van der Waals surface area contributed by atoms with Crippen LogP contribution in [0.5, 0.6) is 0 Å². The second-order valence-corrected chi connectivity index (χ2v) is 7.02. The molecular formula is C21H26N2. The van der Waals surface area contributed by atoms with Crippen molar-refractivity contribution in [1.29, 1.82) is 0 Å². The molecule has 2 N–H and O–H groups in total. The fourth-order valence-corrected chi connectivity index (χ4v) is 4.39. The molecule has 1 saturated heterocycles. The van der Waals surface area contributed by atoms with E-state index in [2.05, 4.69) is 65.6 Å². The van der Waals surface area contributed by atoms with Gasteiger partial charge in [0.1, 0.15) is 0 Å². The molecule has 1 aliphatic heterocycles. The average molecular weight is 306 g/mol. The molecule has 120 valence electrons. The maximum atomic E-state index is 6.68. The summed E-state index contributed by atoms with van der Waals surface area (Å²) in [5.41, 5.74) is 9.37. The van der Waals surface area contributed by atoms with E-state index in [9.17, 15) is 0 Å². The lowest BCUT2D eigenvalue weighted by molar-refractivity contribution is 0.262. The molecule has 1 heterocycles. The molecule has 2 fully saturated rings. The molecular weight excluding hydrogens is 280 g/mol. The van der Waals surface area contributed by atoms with Crippen molar-refractivity contribution >= 4 is 0 Å². The zero-order valence-corrected chi connectivity index (χ0v) is 13.6. The predicted octanol–water partition coefficient (Wildman–Crippen LogP) is 4.44. The van der Waals surface area contributed by atoms with Crippen LogP contribution in [0.3, 0.4) is 0 Å². The van der Waals surface area contributed by atoms with Gasteiger partial charge >= 0.3 is 0 Å². The first-order valence-corrected chi connectivity index (χ1v) is 8.99. The second kappa shape index (κ2) is 6.46. The van der Waals surface area contributed by atoms with E-state index < -0.39 is 0 Å². The van der Waals surface area contributed by atoms with Crippen LogP contribution in [0.2, 0.25) is 0 Å². The Bertz CT molecular complexity index is 619. The number of rotatable bonds is 4. The van der Waals surface area contributed by atoms with E-state index in [-0.39, 0.29) is 6.04 Å². The summed E-state index contributed by atoms with van der Waals surface area (Å²) in [6.07, 6.45) is 6.81. The molecule has 1 unspecified atom stereocenters. The minimum Gasteiger partial charge on any atom is -0.323 e. The van der Waals surface area contributed by atoms with Gasteiger partial charge in [0, 0.05) is 18.1 Å². The van der Waals surface area contributed by atoms with Gasteiger partial charge in [-0.3, -0.25) is 4.90 Å². The number of benzene rings is 2. The molecule has 23 heavy (non-hydrogen) atoms. The summed E-state index contributed by atoms with van der Waals surface area (Å²) in [5, 5.41) is 0. The van der Waals surface area contributed by atoms with Crippen LogP contribution in [0.1, 0.15) is 55.3 Å². The van der Waals surface area contributed by atoms with Gasteiger partial charge in [0.25, 0.3) is 0 Å². The minimum absolute atomic E-state index is 0.100. The lowest BCUT2D eigenvalue weighted by Gasteiger charge is -2.25. The van der Waals surface area contributed by atoms with Crippen LogP contribution in [0.15, 0.2) is 60.7 Å². The first kappa shape index (κ1) is 14.9. The average Bonchev–Trinajstić information content (AvgIpc) is 3.39. The Morgan fingerprint density at radius 1 is 0.826 bits per heavy atom. The summed E-state index contributed by atoms with van der Waals surface area (Å²) in [6, 6.07) is 23.3. The molecule has 2 aromatic carbocycles. The maximum Gasteiger partial charge on any atom is 0.0529 e. The van der Waals surface area contributed by atoms with Gasteiger partial charge in [-0.2, -0.15) is 0 Å². The van der Waals surface area contributed by atoms with E-state index >= 15 is 0 Å². The zero-order chi connectivity index (χ0) is 15.6. The second-order valence-electron chi connectivity index (χ2n) is 7.02. The molecule has 1 aliphatic carbocycles. The van der Waals surface area contributed by atoms with Crippen LogP contribution < -0.4 is 5.73 Å². The van der Waals surface area contributed by atoms with E-state index in [0.717, 1.165) is 0 Å². The van der Waals surface area contributed by atoms with Crippen molar-refractivity contribution in [3.8, 4) is 0 Å². The Morgan fingerprint density at radius 3 is 2.09 bits per heavy atom. The Hall–Kier alpha value is -1.64. The van der Waals surface area contributed by atoms with E-state index in [1.54, 1.807) is 0 Å². The van der Waals surface area contributed by atoms with Gasteiger partial charge < -0.3 is 5.73 Å². The Labute approximate surface area is 139 Å². The molecule has 4 rings (SSSR count). The first-order valence-electron chi connectivity index (χ1n) is 8.99. The highest BCUT2D eigenvalue weighted by Gasteiger charge is 2.54. The molecule has 2 aromatic rings. The van der Waals surface area contributed by atoms with Gasteiger partial charge in [0.2, 0.25) is 0 Å². The molecule has 0 spiro atoms. The number of hydrogen-bond donors (Lipinski definition) is 1. The largest absolute Gasteiger partial charge is 0.323 e. The summed E-state index contributed by atoms with van der Waals surface area (Å²) in [7, 11) is 0. The third kappa shape index (κ3) is 2.93.